The molecule has 0 spiro atoms. The third kappa shape index (κ3) is 5.62. The minimum Gasteiger partial charge on any atom is -0.493 e. The molecule has 1 unspecified atom stereocenters. The number of fused-ring (bicyclic) bond motifs is 2. The van der Waals surface area contributed by atoms with Crippen molar-refractivity contribution in [2.45, 2.75) is 12.5 Å². The first-order valence-electron chi connectivity index (χ1n) is 12.2. The molecular weight excluding hydrogens is 545 g/mol. The van der Waals surface area contributed by atoms with Crippen LogP contribution >= 0.6 is 23.2 Å². The van der Waals surface area contributed by atoms with Crippen LogP contribution in [0.15, 0.2) is 69.9 Å². The maximum Gasteiger partial charge on any atom is 0.339 e. The van der Waals surface area contributed by atoms with E-state index >= 15 is 0 Å². The summed E-state index contributed by atoms with van der Waals surface area (Å²) in [6, 6.07) is 16.5. The van der Waals surface area contributed by atoms with Crippen LogP contribution in [-0.4, -0.2) is 44.8 Å². The number of amides is 1. The third-order valence-corrected chi connectivity index (χ3v) is 7.11. The number of para-hydroxylation sites is 1. The van der Waals surface area contributed by atoms with Gasteiger partial charge in [0.15, 0.2) is 18.1 Å². The lowest BCUT2D eigenvalue weighted by Gasteiger charge is -2.37. The summed E-state index contributed by atoms with van der Waals surface area (Å²) in [7, 11) is 3.13. The highest BCUT2D eigenvalue weighted by atomic mass is 35.5. The smallest absolute Gasteiger partial charge is 0.339 e. The lowest BCUT2D eigenvalue weighted by Crippen LogP contribution is -2.44. The molecule has 0 aliphatic carbocycles. The highest BCUT2D eigenvalue weighted by Gasteiger charge is 2.33. The van der Waals surface area contributed by atoms with Crippen molar-refractivity contribution < 1.29 is 28.2 Å². The van der Waals surface area contributed by atoms with Gasteiger partial charge in [-0.2, -0.15) is 0 Å². The maximum atomic E-state index is 13.5. The second-order valence-corrected chi connectivity index (χ2v) is 9.70. The summed E-state index contributed by atoms with van der Waals surface area (Å²) >= 11 is 12.2. The van der Waals surface area contributed by atoms with Gasteiger partial charge in [-0.1, -0.05) is 35.3 Å². The fraction of sp³-hybridized carbons (Fsp3) is 0.241. The van der Waals surface area contributed by atoms with Crippen LogP contribution in [0.1, 0.15) is 17.2 Å². The van der Waals surface area contributed by atoms with Crippen LogP contribution in [0, 0.1) is 0 Å². The fourth-order valence-corrected chi connectivity index (χ4v) is 5.15. The molecule has 1 aliphatic rings. The van der Waals surface area contributed by atoms with Crippen LogP contribution < -0.4 is 24.6 Å². The SMILES string of the molecule is COc1cc2c(cc1OC)C(COc1cc(=O)oc3ccccc13)N(C(=O)COc1ccc(Cl)cc1Cl)CC2. The van der Waals surface area contributed by atoms with Crippen molar-refractivity contribution in [2.75, 3.05) is 34.0 Å². The Morgan fingerprint density at radius 1 is 0.949 bits per heavy atom. The van der Waals surface area contributed by atoms with E-state index in [4.69, 9.17) is 46.6 Å². The van der Waals surface area contributed by atoms with E-state index in [0.717, 1.165) is 11.1 Å². The molecule has 39 heavy (non-hydrogen) atoms. The van der Waals surface area contributed by atoms with Gasteiger partial charge in [-0.15, -0.1) is 0 Å². The molecule has 0 bridgehead atoms. The number of rotatable bonds is 8. The van der Waals surface area contributed by atoms with Gasteiger partial charge in [-0.05, 0) is 60.0 Å². The number of hydrogen-bond donors (Lipinski definition) is 0. The van der Waals surface area contributed by atoms with Crippen LogP contribution in [0.5, 0.6) is 23.0 Å². The minimum atomic E-state index is -0.527. The number of ether oxygens (including phenoxy) is 4. The van der Waals surface area contributed by atoms with E-state index in [1.54, 1.807) is 49.5 Å². The summed E-state index contributed by atoms with van der Waals surface area (Å²) in [5.74, 6) is 1.60. The molecule has 1 amide bonds. The fourth-order valence-electron chi connectivity index (χ4n) is 4.69. The van der Waals surface area contributed by atoms with Gasteiger partial charge in [0.25, 0.3) is 5.91 Å². The maximum absolute atomic E-state index is 13.5. The van der Waals surface area contributed by atoms with Gasteiger partial charge in [0.05, 0.1) is 36.7 Å². The minimum absolute atomic E-state index is 0.0728. The average molecular weight is 570 g/mol. The molecule has 1 aliphatic heterocycles. The number of carbonyl (C=O) groups excluding carboxylic acids is 1. The predicted octanol–water partition coefficient (Wildman–Crippen LogP) is 5.70. The van der Waals surface area contributed by atoms with Crippen LogP contribution in [0.25, 0.3) is 11.0 Å². The van der Waals surface area contributed by atoms with Crippen LogP contribution in [0.3, 0.4) is 0 Å². The Hall–Kier alpha value is -3.88. The molecule has 5 rings (SSSR count). The molecule has 4 aromatic rings. The van der Waals surface area contributed by atoms with Crippen molar-refractivity contribution in [3.05, 3.63) is 92.3 Å². The molecule has 1 aromatic heterocycles. The van der Waals surface area contributed by atoms with E-state index in [1.807, 2.05) is 24.3 Å². The van der Waals surface area contributed by atoms with Gasteiger partial charge in [-0.25, -0.2) is 4.79 Å². The molecular formula is C29H25Cl2NO7. The van der Waals surface area contributed by atoms with Crippen molar-refractivity contribution in [1.82, 2.24) is 4.90 Å². The number of benzene rings is 3. The number of halogens is 2. The standard InChI is InChI=1S/C29H25Cl2NO7/c1-35-26-11-17-9-10-32(28(33)16-38-24-8-7-18(30)12-21(24)31)22(20(17)13-27(26)36-2)15-37-25-14-29(34)39-23-6-4-3-5-19(23)25/h3-8,11-14,22H,9-10,15-16H2,1-2H3. The molecule has 0 fully saturated rings. The summed E-state index contributed by atoms with van der Waals surface area (Å²) in [6.07, 6.45) is 0.595. The Bertz CT molecular complexity index is 1590. The van der Waals surface area contributed by atoms with E-state index in [1.165, 1.54) is 6.07 Å². The zero-order chi connectivity index (χ0) is 27.5. The number of carbonyl (C=O) groups is 1. The third-order valence-electron chi connectivity index (χ3n) is 6.58. The van der Waals surface area contributed by atoms with E-state index in [2.05, 4.69) is 0 Å². The molecule has 0 N–H and O–H groups in total. The van der Waals surface area contributed by atoms with Gasteiger partial charge in [0.2, 0.25) is 0 Å². The van der Waals surface area contributed by atoms with Crippen molar-refractivity contribution >= 4 is 40.1 Å². The summed E-state index contributed by atoms with van der Waals surface area (Å²) < 4.78 is 28.3. The van der Waals surface area contributed by atoms with Gasteiger partial charge < -0.3 is 28.3 Å². The van der Waals surface area contributed by atoms with Crippen LogP contribution in [-0.2, 0) is 11.2 Å². The molecule has 0 saturated heterocycles. The Labute approximate surface area is 234 Å². The molecule has 1 atom stereocenters. The van der Waals surface area contributed by atoms with E-state index < -0.39 is 11.7 Å². The molecule has 0 saturated carbocycles. The first-order valence-corrected chi connectivity index (χ1v) is 12.9. The Morgan fingerprint density at radius 3 is 2.49 bits per heavy atom. The molecule has 10 heteroatoms. The second kappa shape index (κ2) is 11.5. The quantitative estimate of drug-likeness (QED) is 0.251. The van der Waals surface area contributed by atoms with Crippen LogP contribution in [0.4, 0.5) is 0 Å². The summed E-state index contributed by atoms with van der Waals surface area (Å²) in [6.45, 7) is 0.256. The first-order chi connectivity index (χ1) is 18.9. The Balaban J connectivity index is 1.46. The normalized spacial score (nSPS) is 14.6. The number of nitrogens with zero attached hydrogens (tertiary/aromatic N) is 1. The average Bonchev–Trinajstić information content (AvgIpc) is 2.94. The monoisotopic (exact) mass is 569 g/mol. The summed E-state index contributed by atoms with van der Waals surface area (Å²) in [5.41, 5.74) is 1.74. The first kappa shape index (κ1) is 26.7. The molecule has 2 heterocycles. The predicted molar refractivity (Wildman–Crippen MR) is 148 cm³/mol. The second-order valence-electron chi connectivity index (χ2n) is 8.86. The van der Waals surface area contributed by atoms with E-state index in [0.29, 0.717) is 57.0 Å². The summed E-state index contributed by atoms with van der Waals surface area (Å²) in [5, 5.41) is 1.43. The Morgan fingerprint density at radius 2 is 1.72 bits per heavy atom. The number of methoxy groups -OCH3 is 2. The number of hydrogen-bond acceptors (Lipinski definition) is 7. The largest absolute Gasteiger partial charge is 0.493 e. The highest BCUT2D eigenvalue weighted by Crippen LogP contribution is 2.39. The molecule has 8 nitrogen and oxygen atoms in total. The molecule has 202 valence electrons. The Kier molecular flexibility index (Phi) is 7.86. The van der Waals surface area contributed by atoms with Gasteiger partial charge in [-0.3, -0.25) is 4.79 Å². The van der Waals surface area contributed by atoms with Gasteiger partial charge in [0, 0.05) is 11.6 Å². The van der Waals surface area contributed by atoms with E-state index in [9.17, 15) is 9.59 Å². The molecule has 3 aromatic carbocycles. The lowest BCUT2D eigenvalue weighted by atomic mass is 9.92. The van der Waals surface area contributed by atoms with Crippen molar-refractivity contribution in [1.29, 1.82) is 0 Å². The van der Waals surface area contributed by atoms with Crippen molar-refractivity contribution in [3.8, 4) is 23.0 Å². The van der Waals surface area contributed by atoms with E-state index in [-0.39, 0.29) is 19.1 Å². The summed E-state index contributed by atoms with van der Waals surface area (Å²) in [4.78, 5) is 27.4. The molecule has 0 radical (unpaired) electrons. The van der Waals surface area contributed by atoms with Gasteiger partial charge in [0.1, 0.15) is 23.7 Å². The van der Waals surface area contributed by atoms with Crippen molar-refractivity contribution in [3.63, 3.8) is 0 Å². The topological polar surface area (TPSA) is 87.4 Å². The lowest BCUT2D eigenvalue weighted by molar-refractivity contribution is -0.137. The van der Waals surface area contributed by atoms with Crippen molar-refractivity contribution in [2.24, 2.45) is 0 Å². The zero-order valence-corrected chi connectivity index (χ0v) is 22.8. The highest BCUT2D eigenvalue weighted by molar-refractivity contribution is 6.35. The van der Waals surface area contributed by atoms with Crippen LogP contribution in [0.2, 0.25) is 10.0 Å². The van der Waals surface area contributed by atoms with Gasteiger partial charge >= 0.3 is 5.63 Å². The zero-order valence-electron chi connectivity index (χ0n) is 21.2.